The second kappa shape index (κ2) is 6.85. The molecule has 0 aromatic heterocycles. The number of halogens is 3. The smallest absolute Gasteiger partial charge is 0.0825 e. The van der Waals surface area contributed by atoms with Crippen LogP contribution in [0, 0.1) is 0 Å². The van der Waals surface area contributed by atoms with Gasteiger partial charge in [0.1, 0.15) is 0 Å². The molecule has 1 heterocycles. The van der Waals surface area contributed by atoms with Gasteiger partial charge in [-0.05, 0) is 25.1 Å². The van der Waals surface area contributed by atoms with Crippen LogP contribution in [-0.4, -0.2) is 43.5 Å². The summed E-state index contributed by atoms with van der Waals surface area (Å²) in [6, 6.07) is 5.80. The molecule has 0 spiro atoms. The maximum Gasteiger partial charge on any atom is 0.0825 e. The summed E-state index contributed by atoms with van der Waals surface area (Å²) in [6.07, 6.45) is 1.06. The van der Waals surface area contributed by atoms with Gasteiger partial charge in [0.2, 0.25) is 0 Å². The Labute approximate surface area is 123 Å². The normalized spacial score (nSPS) is 17.2. The molecule has 5 heteroatoms. The molecule has 1 aliphatic rings. The van der Waals surface area contributed by atoms with Crippen molar-refractivity contribution in [1.29, 1.82) is 0 Å². The third-order valence-corrected chi connectivity index (χ3v) is 4.33. The van der Waals surface area contributed by atoms with Gasteiger partial charge in [-0.2, -0.15) is 0 Å². The summed E-state index contributed by atoms with van der Waals surface area (Å²) < 4.78 is 0. The number of nitrogens with zero attached hydrogens (tertiary/aromatic N) is 2. The van der Waals surface area contributed by atoms with E-state index in [2.05, 4.69) is 9.80 Å². The Morgan fingerprint density at radius 1 is 1.06 bits per heavy atom. The number of alkyl halides is 1. The summed E-state index contributed by atoms with van der Waals surface area (Å²) in [4.78, 5) is 4.74. The Morgan fingerprint density at radius 2 is 1.78 bits per heavy atom. The largest absolute Gasteiger partial charge is 0.368 e. The molecule has 2 nitrogen and oxygen atoms in total. The van der Waals surface area contributed by atoms with Gasteiger partial charge in [-0.3, -0.25) is 4.90 Å². The number of hydrogen-bond donors (Lipinski definition) is 0. The van der Waals surface area contributed by atoms with Gasteiger partial charge in [-0.25, -0.2) is 0 Å². The second-order valence-corrected chi connectivity index (χ2v) is 5.61. The van der Waals surface area contributed by atoms with Crippen molar-refractivity contribution in [3.63, 3.8) is 0 Å². The Hall–Kier alpha value is -0.150. The maximum absolute atomic E-state index is 6.24. The van der Waals surface area contributed by atoms with Crippen LogP contribution in [0.5, 0.6) is 0 Å². The fraction of sp³-hybridized carbons (Fsp3) is 0.538. The molecular weight excluding hydrogens is 291 g/mol. The van der Waals surface area contributed by atoms with Crippen molar-refractivity contribution in [2.75, 3.05) is 43.5 Å². The van der Waals surface area contributed by atoms with Crippen LogP contribution in [-0.2, 0) is 0 Å². The molecule has 0 bridgehead atoms. The molecule has 0 amide bonds. The molecule has 0 radical (unpaired) electrons. The van der Waals surface area contributed by atoms with Gasteiger partial charge in [0.25, 0.3) is 0 Å². The van der Waals surface area contributed by atoms with Gasteiger partial charge >= 0.3 is 0 Å². The van der Waals surface area contributed by atoms with Crippen LogP contribution in [0.4, 0.5) is 5.69 Å². The third kappa shape index (κ3) is 3.45. The first-order chi connectivity index (χ1) is 8.72. The molecule has 1 aromatic rings. The van der Waals surface area contributed by atoms with Crippen molar-refractivity contribution in [2.45, 2.75) is 6.42 Å². The molecule has 0 saturated carbocycles. The summed E-state index contributed by atoms with van der Waals surface area (Å²) in [5.41, 5.74) is 1.04. The van der Waals surface area contributed by atoms with E-state index in [0.717, 1.165) is 50.7 Å². The van der Waals surface area contributed by atoms with Crippen LogP contribution in [0.3, 0.4) is 0 Å². The van der Waals surface area contributed by atoms with Gasteiger partial charge in [0, 0.05) is 32.1 Å². The van der Waals surface area contributed by atoms with E-state index in [1.54, 1.807) is 0 Å². The highest BCUT2D eigenvalue weighted by molar-refractivity contribution is 6.43. The number of anilines is 1. The van der Waals surface area contributed by atoms with Crippen molar-refractivity contribution in [3.8, 4) is 0 Å². The lowest BCUT2D eigenvalue weighted by atomic mass is 10.2. The average Bonchev–Trinajstić information content (AvgIpc) is 2.40. The van der Waals surface area contributed by atoms with Crippen LogP contribution < -0.4 is 4.90 Å². The molecule has 0 unspecified atom stereocenters. The van der Waals surface area contributed by atoms with Crippen molar-refractivity contribution < 1.29 is 0 Å². The van der Waals surface area contributed by atoms with Crippen molar-refractivity contribution in [1.82, 2.24) is 4.90 Å². The van der Waals surface area contributed by atoms with E-state index >= 15 is 0 Å². The minimum atomic E-state index is 0.624. The zero-order chi connectivity index (χ0) is 13.0. The van der Waals surface area contributed by atoms with Crippen LogP contribution in [0.2, 0.25) is 10.0 Å². The molecule has 1 fully saturated rings. The summed E-state index contributed by atoms with van der Waals surface area (Å²) in [5, 5.41) is 1.28. The van der Waals surface area contributed by atoms with E-state index in [9.17, 15) is 0 Å². The topological polar surface area (TPSA) is 6.48 Å². The minimum Gasteiger partial charge on any atom is -0.368 e. The zero-order valence-corrected chi connectivity index (χ0v) is 12.5. The number of rotatable bonds is 4. The van der Waals surface area contributed by atoms with E-state index in [0.29, 0.717) is 10.0 Å². The van der Waals surface area contributed by atoms with E-state index < -0.39 is 0 Å². The monoisotopic (exact) mass is 306 g/mol. The lowest BCUT2D eigenvalue weighted by molar-refractivity contribution is 0.259. The van der Waals surface area contributed by atoms with E-state index in [-0.39, 0.29) is 0 Å². The minimum absolute atomic E-state index is 0.624. The van der Waals surface area contributed by atoms with Crippen molar-refractivity contribution in [3.05, 3.63) is 28.2 Å². The highest BCUT2D eigenvalue weighted by Crippen LogP contribution is 2.32. The van der Waals surface area contributed by atoms with Crippen LogP contribution in [0.1, 0.15) is 6.42 Å². The van der Waals surface area contributed by atoms with Gasteiger partial charge < -0.3 is 4.90 Å². The first kappa shape index (κ1) is 14.3. The molecule has 0 atom stereocenters. The fourth-order valence-corrected chi connectivity index (χ4v) is 2.77. The van der Waals surface area contributed by atoms with E-state index in [1.165, 1.54) is 0 Å². The van der Waals surface area contributed by atoms with E-state index in [4.69, 9.17) is 34.8 Å². The van der Waals surface area contributed by atoms with Gasteiger partial charge in [0.05, 0.1) is 15.7 Å². The van der Waals surface area contributed by atoms with Crippen LogP contribution in [0.15, 0.2) is 18.2 Å². The third-order valence-electron chi connectivity index (χ3n) is 3.25. The predicted octanol–water partition coefficient (Wildman–Crippen LogP) is 3.74. The van der Waals surface area contributed by atoms with Crippen LogP contribution in [0.25, 0.3) is 0 Å². The quantitative estimate of drug-likeness (QED) is 0.782. The predicted molar refractivity (Wildman–Crippen MR) is 80.5 cm³/mol. The molecule has 2 rings (SSSR count). The van der Waals surface area contributed by atoms with E-state index in [1.807, 2.05) is 18.2 Å². The van der Waals surface area contributed by atoms with Gasteiger partial charge in [-0.1, -0.05) is 29.3 Å². The first-order valence-corrected chi connectivity index (χ1v) is 7.48. The lowest BCUT2D eigenvalue weighted by Gasteiger charge is -2.36. The standard InChI is InChI=1S/C13H17Cl3N2/c14-5-2-6-17-7-9-18(10-8-17)12-4-1-3-11(15)13(12)16/h1,3-4H,2,5-10H2. The molecule has 1 aliphatic heterocycles. The number of benzene rings is 1. The van der Waals surface area contributed by atoms with Gasteiger partial charge in [-0.15, -0.1) is 11.6 Å². The van der Waals surface area contributed by atoms with Crippen LogP contribution >= 0.6 is 34.8 Å². The molecule has 0 N–H and O–H groups in total. The maximum atomic E-state index is 6.24. The summed E-state index contributed by atoms with van der Waals surface area (Å²) in [7, 11) is 0. The second-order valence-electron chi connectivity index (χ2n) is 4.44. The van der Waals surface area contributed by atoms with Crippen molar-refractivity contribution in [2.24, 2.45) is 0 Å². The van der Waals surface area contributed by atoms with Gasteiger partial charge in [0.15, 0.2) is 0 Å². The molecule has 100 valence electrons. The highest BCUT2D eigenvalue weighted by Gasteiger charge is 2.19. The molecular formula is C13H17Cl3N2. The average molecular weight is 308 g/mol. The number of piperazine rings is 1. The SMILES string of the molecule is ClCCCN1CCN(c2cccc(Cl)c2Cl)CC1. The fourth-order valence-electron chi connectivity index (χ4n) is 2.23. The molecule has 18 heavy (non-hydrogen) atoms. The Bertz CT molecular complexity index is 390. The first-order valence-electron chi connectivity index (χ1n) is 6.19. The summed E-state index contributed by atoms with van der Waals surface area (Å²) >= 11 is 18.0. The Kier molecular flexibility index (Phi) is 5.43. The molecule has 1 saturated heterocycles. The highest BCUT2D eigenvalue weighted by atomic mass is 35.5. The molecule has 1 aromatic carbocycles. The van der Waals surface area contributed by atoms with Crippen molar-refractivity contribution >= 4 is 40.5 Å². The number of hydrogen-bond acceptors (Lipinski definition) is 2. The summed E-state index contributed by atoms with van der Waals surface area (Å²) in [5.74, 6) is 0.736. The Balaban J connectivity index is 1.95. The lowest BCUT2D eigenvalue weighted by Crippen LogP contribution is -2.46. The summed E-state index contributed by atoms with van der Waals surface area (Å²) in [6.45, 7) is 5.17. The molecule has 0 aliphatic carbocycles. The zero-order valence-electron chi connectivity index (χ0n) is 10.2. The Morgan fingerprint density at radius 3 is 2.44 bits per heavy atom.